The van der Waals surface area contributed by atoms with E-state index in [0.29, 0.717) is 10.7 Å². The standard InChI is InChI=1S/C14H21Br/c1-11(2)9-10-12(3)14(15)13-7-5-4-6-8-13/h4-8,11-12,14H,9-10H2,1-3H3. The Morgan fingerprint density at radius 3 is 2.13 bits per heavy atom. The molecule has 0 N–H and O–H groups in total. The average Bonchev–Trinajstić information content (AvgIpc) is 2.26. The van der Waals surface area contributed by atoms with Gasteiger partial charge in [-0.15, -0.1) is 0 Å². The van der Waals surface area contributed by atoms with E-state index in [1.165, 1.54) is 18.4 Å². The molecule has 0 nitrogen and oxygen atoms in total. The van der Waals surface area contributed by atoms with E-state index in [9.17, 15) is 0 Å². The van der Waals surface area contributed by atoms with Gasteiger partial charge < -0.3 is 0 Å². The number of benzene rings is 1. The van der Waals surface area contributed by atoms with E-state index in [0.717, 1.165) is 5.92 Å². The van der Waals surface area contributed by atoms with Crippen molar-refractivity contribution in [3.63, 3.8) is 0 Å². The van der Waals surface area contributed by atoms with Gasteiger partial charge in [0.1, 0.15) is 0 Å². The van der Waals surface area contributed by atoms with Gasteiger partial charge >= 0.3 is 0 Å². The summed E-state index contributed by atoms with van der Waals surface area (Å²) in [6.45, 7) is 6.91. The fourth-order valence-corrected chi connectivity index (χ4v) is 2.28. The van der Waals surface area contributed by atoms with Crippen LogP contribution in [0.25, 0.3) is 0 Å². The van der Waals surface area contributed by atoms with Crippen LogP contribution in [0.15, 0.2) is 30.3 Å². The van der Waals surface area contributed by atoms with Crippen LogP contribution in [-0.2, 0) is 0 Å². The van der Waals surface area contributed by atoms with Gasteiger partial charge in [-0.3, -0.25) is 0 Å². The molecule has 0 fully saturated rings. The Kier molecular flexibility index (Phi) is 5.38. The highest BCUT2D eigenvalue weighted by atomic mass is 79.9. The first kappa shape index (κ1) is 12.8. The van der Waals surface area contributed by atoms with Crippen molar-refractivity contribution in [3.05, 3.63) is 35.9 Å². The van der Waals surface area contributed by atoms with Crippen LogP contribution >= 0.6 is 15.9 Å². The summed E-state index contributed by atoms with van der Waals surface area (Å²) in [6, 6.07) is 10.7. The summed E-state index contributed by atoms with van der Waals surface area (Å²) in [5.74, 6) is 1.51. The predicted octanol–water partition coefficient (Wildman–Crippen LogP) is 5.19. The molecular formula is C14H21Br. The summed E-state index contributed by atoms with van der Waals surface area (Å²) >= 11 is 3.80. The summed E-state index contributed by atoms with van der Waals surface area (Å²) in [5, 5.41) is 0. The Labute approximate surface area is 102 Å². The highest BCUT2D eigenvalue weighted by molar-refractivity contribution is 9.09. The number of hydrogen-bond donors (Lipinski definition) is 0. The highest BCUT2D eigenvalue weighted by Gasteiger charge is 2.15. The minimum absolute atomic E-state index is 0.498. The van der Waals surface area contributed by atoms with E-state index in [1.54, 1.807) is 0 Å². The first-order valence-corrected chi connectivity index (χ1v) is 6.72. The van der Waals surface area contributed by atoms with Crippen molar-refractivity contribution in [2.45, 2.75) is 38.4 Å². The zero-order chi connectivity index (χ0) is 11.3. The largest absolute Gasteiger partial charge is 0.0836 e. The van der Waals surface area contributed by atoms with E-state index in [2.05, 4.69) is 67.0 Å². The topological polar surface area (TPSA) is 0 Å². The zero-order valence-electron chi connectivity index (χ0n) is 9.91. The molecule has 0 heterocycles. The van der Waals surface area contributed by atoms with Crippen LogP contribution in [-0.4, -0.2) is 0 Å². The van der Waals surface area contributed by atoms with Crippen LogP contribution in [0.5, 0.6) is 0 Å². The van der Waals surface area contributed by atoms with E-state index < -0.39 is 0 Å². The SMILES string of the molecule is CC(C)CCC(C)C(Br)c1ccccc1. The lowest BCUT2D eigenvalue weighted by Gasteiger charge is -2.19. The van der Waals surface area contributed by atoms with Gasteiger partial charge in [-0.25, -0.2) is 0 Å². The average molecular weight is 269 g/mol. The third-order valence-corrected chi connectivity index (χ3v) is 4.25. The molecule has 1 aromatic rings. The van der Waals surface area contributed by atoms with Crippen molar-refractivity contribution in [1.29, 1.82) is 0 Å². The molecule has 1 heteroatoms. The molecule has 2 atom stereocenters. The third-order valence-electron chi connectivity index (χ3n) is 2.82. The summed E-state index contributed by atoms with van der Waals surface area (Å²) in [6.07, 6.45) is 2.61. The second-order valence-electron chi connectivity index (χ2n) is 4.76. The number of hydrogen-bond acceptors (Lipinski definition) is 0. The van der Waals surface area contributed by atoms with Crippen molar-refractivity contribution in [2.75, 3.05) is 0 Å². The third kappa shape index (κ3) is 4.38. The molecule has 0 saturated heterocycles. The van der Waals surface area contributed by atoms with Crippen molar-refractivity contribution in [1.82, 2.24) is 0 Å². The molecule has 0 aliphatic heterocycles. The van der Waals surface area contributed by atoms with Gasteiger partial charge in [0, 0.05) is 4.83 Å². The minimum atomic E-state index is 0.498. The van der Waals surface area contributed by atoms with Gasteiger partial charge in [0.25, 0.3) is 0 Å². The Balaban J connectivity index is 2.49. The maximum atomic E-state index is 3.80. The molecular weight excluding hydrogens is 248 g/mol. The lowest BCUT2D eigenvalue weighted by molar-refractivity contribution is 0.446. The number of alkyl halides is 1. The highest BCUT2D eigenvalue weighted by Crippen LogP contribution is 2.33. The second kappa shape index (κ2) is 6.32. The maximum Gasteiger partial charge on any atom is 0.0420 e. The number of rotatable bonds is 5. The molecule has 1 rings (SSSR count). The van der Waals surface area contributed by atoms with Gasteiger partial charge in [0.05, 0.1) is 0 Å². The lowest BCUT2D eigenvalue weighted by Crippen LogP contribution is -2.05. The molecule has 0 aliphatic carbocycles. The first-order valence-electron chi connectivity index (χ1n) is 5.80. The Hall–Kier alpha value is -0.300. The summed E-state index contributed by atoms with van der Waals surface area (Å²) in [7, 11) is 0. The molecule has 0 spiro atoms. The Morgan fingerprint density at radius 1 is 1.00 bits per heavy atom. The van der Waals surface area contributed by atoms with Crippen LogP contribution in [0.4, 0.5) is 0 Å². The Morgan fingerprint density at radius 2 is 1.60 bits per heavy atom. The fraction of sp³-hybridized carbons (Fsp3) is 0.571. The smallest absolute Gasteiger partial charge is 0.0420 e. The van der Waals surface area contributed by atoms with E-state index in [4.69, 9.17) is 0 Å². The molecule has 0 bridgehead atoms. The molecule has 15 heavy (non-hydrogen) atoms. The molecule has 0 radical (unpaired) electrons. The second-order valence-corrected chi connectivity index (χ2v) is 5.75. The summed E-state index contributed by atoms with van der Waals surface area (Å²) in [5.41, 5.74) is 1.40. The minimum Gasteiger partial charge on any atom is -0.0836 e. The first-order chi connectivity index (χ1) is 7.11. The van der Waals surface area contributed by atoms with E-state index >= 15 is 0 Å². The fourth-order valence-electron chi connectivity index (χ4n) is 1.71. The zero-order valence-corrected chi connectivity index (χ0v) is 11.5. The molecule has 1 aromatic carbocycles. The monoisotopic (exact) mass is 268 g/mol. The predicted molar refractivity (Wildman–Crippen MR) is 71.3 cm³/mol. The van der Waals surface area contributed by atoms with Crippen LogP contribution in [0.3, 0.4) is 0 Å². The van der Waals surface area contributed by atoms with Crippen LogP contribution in [0, 0.1) is 11.8 Å². The Bertz CT molecular complexity index is 266. The molecule has 84 valence electrons. The van der Waals surface area contributed by atoms with Crippen molar-refractivity contribution in [3.8, 4) is 0 Å². The molecule has 2 unspecified atom stereocenters. The molecule has 0 aromatic heterocycles. The van der Waals surface area contributed by atoms with Gasteiger partial charge in [0.15, 0.2) is 0 Å². The summed E-state index contributed by atoms with van der Waals surface area (Å²) in [4.78, 5) is 0.498. The lowest BCUT2D eigenvalue weighted by atomic mass is 9.93. The van der Waals surface area contributed by atoms with Crippen LogP contribution < -0.4 is 0 Å². The van der Waals surface area contributed by atoms with Crippen molar-refractivity contribution < 1.29 is 0 Å². The molecule has 0 aliphatic rings. The van der Waals surface area contributed by atoms with Gasteiger partial charge in [-0.1, -0.05) is 73.5 Å². The quantitative estimate of drug-likeness (QED) is 0.645. The van der Waals surface area contributed by atoms with Gasteiger partial charge in [-0.05, 0) is 23.8 Å². The molecule has 0 amide bonds. The van der Waals surface area contributed by atoms with Gasteiger partial charge in [0.2, 0.25) is 0 Å². The van der Waals surface area contributed by atoms with Crippen molar-refractivity contribution in [2.24, 2.45) is 11.8 Å². The maximum absolute atomic E-state index is 3.80. The summed E-state index contributed by atoms with van der Waals surface area (Å²) < 4.78 is 0. The van der Waals surface area contributed by atoms with Gasteiger partial charge in [-0.2, -0.15) is 0 Å². The van der Waals surface area contributed by atoms with Crippen molar-refractivity contribution >= 4 is 15.9 Å². The van der Waals surface area contributed by atoms with E-state index in [-0.39, 0.29) is 0 Å². The van der Waals surface area contributed by atoms with E-state index in [1.807, 2.05) is 0 Å². The molecule has 0 saturated carbocycles. The van der Waals surface area contributed by atoms with Crippen LogP contribution in [0.2, 0.25) is 0 Å². The normalized spacial score (nSPS) is 15.3. The number of halogens is 1. The van der Waals surface area contributed by atoms with Crippen LogP contribution in [0.1, 0.15) is 44.0 Å².